The minimum atomic E-state index is 0.221. The summed E-state index contributed by atoms with van der Waals surface area (Å²) < 4.78 is 0. The summed E-state index contributed by atoms with van der Waals surface area (Å²) in [7, 11) is 0. The van der Waals surface area contributed by atoms with Gasteiger partial charge in [-0.15, -0.1) is 23.5 Å². The van der Waals surface area contributed by atoms with Gasteiger partial charge < -0.3 is 0 Å². The van der Waals surface area contributed by atoms with E-state index in [1.165, 1.54) is 9.79 Å². The SMILES string of the molecule is CSc1cccc(CC(C)=O)c1SC. The van der Waals surface area contributed by atoms with Crippen LogP contribution in [0.2, 0.25) is 0 Å². The average molecular weight is 226 g/mol. The molecule has 0 aliphatic heterocycles. The standard InChI is InChI=1S/C11H14OS2/c1-8(12)7-9-5-4-6-10(13-2)11(9)14-3/h4-6H,7H2,1-3H3. The number of Topliss-reactive ketones (excluding diaryl/α,β-unsaturated/α-hetero) is 1. The Kier molecular flexibility index (Phi) is 4.55. The maximum atomic E-state index is 11.1. The van der Waals surface area contributed by atoms with E-state index in [4.69, 9.17) is 0 Å². The molecule has 0 bridgehead atoms. The third kappa shape index (κ3) is 2.79. The van der Waals surface area contributed by atoms with Crippen LogP contribution < -0.4 is 0 Å². The summed E-state index contributed by atoms with van der Waals surface area (Å²) in [5.74, 6) is 0.221. The highest BCUT2D eigenvalue weighted by Gasteiger charge is 2.07. The zero-order valence-electron chi connectivity index (χ0n) is 8.66. The molecule has 3 heteroatoms. The van der Waals surface area contributed by atoms with Crippen molar-refractivity contribution in [2.75, 3.05) is 12.5 Å². The van der Waals surface area contributed by atoms with Crippen LogP contribution in [0.4, 0.5) is 0 Å². The Labute approximate surface area is 93.7 Å². The Morgan fingerprint density at radius 2 is 2.00 bits per heavy atom. The van der Waals surface area contributed by atoms with Gasteiger partial charge in [0.1, 0.15) is 5.78 Å². The van der Waals surface area contributed by atoms with E-state index in [1.807, 2.05) is 12.1 Å². The van der Waals surface area contributed by atoms with Gasteiger partial charge in [0.15, 0.2) is 0 Å². The van der Waals surface area contributed by atoms with Crippen LogP contribution in [0.25, 0.3) is 0 Å². The van der Waals surface area contributed by atoms with Crippen LogP contribution >= 0.6 is 23.5 Å². The van der Waals surface area contributed by atoms with Crippen molar-refractivity contribution in [2.24, 2.45) is 0 Å². The van der Waals surface area contributed by atoms with Crippen molar-refractivity contribution in [3.05, 3.63) is 23.8 Å². The highest BCUT2D eigenvalue weighted by atomic mass is 32.2. The van der Waals surface area contributed by atoms with E-state index in [0.29, 0.717) is 6.42 Å². The van der Waals surface area contributed by atoms with Crippen molar-refractivity contribution >= 4 is 29.3 Å². The largest absolute Gasteiger partial charge is 0.300 e. The minimum Gasteiger partial charge on any atom is -0.300 e. The quantitative estimate of drug-likeness (QED) is 0.734. The lowest BCUT2D eigenvalue weighted by molar-refractivity contribution is -0.116. The minimum absolute atomic E-state index is 0.221. The monoisotopic (exact) mass is 226 g/mol. The number of ketones is 1. The second kappa shape index (κ2) is 5.47. The van der Waals surface area contributed by atoms with Gasteiger partial charge in [0.25, 0.3) is 0 Å². The van der Waals surface area contributed by atoms with Gasteiger partial charge >= 0.3 is 0 Å². The van der Waals surface area contributed by atoms with Gasteiger partial charge in [0.05, 0.1) is 0 Å². The fraction of sp³-hybridized carbons (Fsp3) is 0.364. The molecule has 0 amide bonds. The topological polar surface area (TPSA) is 17.1 Å². The Balaban J connectivity index is 3.08. The normalized spacial score (nSPS) is 10.2. The van der Waals surface area contributed by atoms with E-state index in [2.05, 4.69) is 18.6 Å². The first-order valence-corrected chi connectivity index (χ1v) is 6.83. The second-order valence-electron chi connectivity index (χ2n) is 3.03. The molecule has 1 nitrogen and oxygen atoms in total. The van der Waals surface area contributed by atoms with E-state index in [1.54, 1.807) is 30.4 Å². The van der Waals surface area contributed by atoms with Gasteiger partial charge in [-0.1, -0.05) is 12.1 Å². The van der Waals surface area contributed by atoms with Gasteiger partial charge in [-0.25, -0.2) is 0 Å². The summed E-state index contributed by atoms with van der Waals surface area (Å²) in [5, 5.41) is 0. The van der Waals surface area contributed by atoms with E-state index in [0.717, 1.165) is 5.56 Å². The molecule has 1 rings (SSSR count). The van der Waals surface area contributed by atoms with Crippen molar-refractivity contribution in [3.8, 4) is 0 Å². The van der Waals surface area contributed by atoms with Crippen molar-refractivity contribution in [2.45, 2.75) is 23.1 Å². The molecule has 0 radical (unpaired) electrons. The highest BCUT2D eigenvalue weighted by Crippen LogP contribution is 2.31. The predicted molar refractivity (Wildman–Crippen MR) is 64.4 cm³/mol. The number of rotatable bonds is 4. The average Bonchev–Trinajstić information content (AvgIpc) is 2.16. The molecule has 0 saturated carbocycles. The van der Waals surface area contributed by atoms with Crippen LogP contribution in [-0.4, -0.2) is 18.3 Å². The lowest BCUT2D eigenvalue weighted by Gasteiger charge is -2.09. The number of thioether (sulfide) groups is 2. The highest BCUT2D eigenvalue weighted by molar-refractivity contribution is 8.01. The lowest BCUT2D eigenvalue weighted by atomic mass is 10.1. The molecular formula is C11H14OS2. The van der Waals surface area contributed by atoms with E-state index < -0.39 is 0 Å². The van der Waals surface area contributed by atoms with Gasteiger partial charge in [-0.2, -0.15) is 0 Å². The number of carbonyl (C=O) groups excluding carboxylic acids is 1. The molecule has 0 saturated heterocycles. The van der Waals surface area contributed by atoms with Gasteiger partial charge in [0, 0.05) is 16.2 Å². The molecule has 0 heterocycles. The van der Waals surface area contributed by atoms with Gasteiger partial charge in [-0.3, -0.25) is 4.79 Å². The molecule has 0 fully saturated rings. The van der Waals surface area contributed by atoms with Crippen LogP contribution in [0.3, 0.4) is 0 Å². The summed E-state index contributed by atoms with van der Waals surface area (Å²) in [4.78, 5) is 13.6. The molecular weight excluding hydrogens is 212 g/mol. The van der Waals surface area contributed by atoms with Crippen molar-refractivity contribution in [3.63, 3.8) is 0 Å². The van der Waals surface area contributed by atoms with Crippen LogP contribution in [-0.2, 0) is 11.2 Å². The fourth-order valence-electron chi connectivity index (χ4n) is 1.36. The van der Waals surface area contributed by atoms with Crippen molar-refractivity contribution < 1.29 is 4.79 Å². The first kappa shape index (κ1) is 11.7. The summed E-state index contributed by atoms with van der Waals surface area (Å²) in [6.45, 7) is 1.63. The first-order valence-electron chi connectivity index (χ1n) is 4.38. The second-order valence-corrected chi connectivity index (χ2v) is 4.70. The van der Waals surface area contributed by atoms with Gasteiger partial charge in [-0.05, 0) is 31.1 Å². The fourth-order valence-corrected chi connectivity index (χ4v) is 3.06. The number of hydrogen-bond donors (Lipinski definition) is 0. The Hall–Kier alpha value is -0.410. The molecule has 76 valence electrons. The maximum absolute atomic E-state index is 11.1. The summed E-state index contributed by atoms with van der Waals surface area (Å²) >= 11 is 3.44. The summed E-state index contributed by atoms with van der Waals surface area (Å²) in [6, 6.07) is 6.15. The molecule has 1 aromatic carbocycles. The molecule has 0 aliphatic rings. The molecule has 0 N–H and O–H groups in total. The predicted octanol–water partition coefficient (Wildman–Crippen LogP) is 3.26. The van der Waals surface area contributed by atoms with Crippen LogP contribution in [0.1, 0.15) is 12.5 Å². The summed E-state index contributed by atoms with van der Waals surface area (Å²) in [5.41, 5.74) is 1.15. The van der Waals surface area contributed by atoms with E-state index in [-0.39, 0.29) is 5.78 Å². The van der Waals surface area contributed by atoms with Gasteiger partial charge in [0.2, 0.25) is 0 Å². The summed E-state index contributed by atoms with van der Waals surface area (Å²) in [6.07, 6.45) is 4.66. The molecule has 0 aliphatic carbocycles. The third-order valence-corrected chi connectivity index (χ3v) is 3.72. The number of hydrogen-bond acceptors (Lipinski definition) is 3. The molecule has 14 heavy (non-hydrogen) atoms. The molecule has 0 unspecified atom stereocenters. The number of benzene rings is 1. The third-order valence-electron chi connectivity index (χ3n) is 1.92. The Morgan fingerprint density at radius 1 is 1.29 bits per heavy atom. The molecule has 0 atom stereocenters. The van der Waals surface area contributed by atoms with Crippen LogP contribution in [0, 0.1) is 0 Å². The number of carbonyl (C=O) groups is 1. The molecule has 0 spiro atoms. The lowest BCUT2D eigenvalue weighted by Crippen LogP contribution is -1.98. The molecule has 0 aromatic heterocycles. The maximum Gasteiger partial charge on any atom is 0.134 e. The smallest absolute Gasteiger partial charge is 0.134 e. The first-order chi connectivity index (χ1) is 6.69. The van der Waals surface area contributed by atoms with Crippen molar-refractivity contribution in [1.82, 2.24) is 0 Å². The Morgan fingerprint density at radius 3 is 2.50 bits per heavy atom. The van der Waals surface area contributed by atoms with E-state index >= 15 is 0 Å². The zero-order valence-corrected chi connectivity index (χ0v) is 10.3. The van der Waals surface area contributed by atoms with Crippen LogP contribution in [0.15, 0.2) is 28.0 Å². The zero-order chi connectivity index (χ0) is 10.6. The Bertz CT molecular complexity index is 334. The van der Waals surface area contributed by atoms with E-state index in [9.17, 15) is 4.79 Å². The molecule has 1 aromatic rings. The van der Waals surface area contributed by atoms with Crippen molar-refractivity contribution in [1.29, 1.82) is 0 Å². The van der Waals surface area contributed by atoms with Crippen LogP contribution in [0.5, 0.6) is 0 Å².